The molecule has 1 fully saturated rings. The number of hydrogen-bond donors (Lipinski definition) is 6. The first-order valence-corrected chi connectivity index (χ1v) is 10.4. The molecule has 28 heavy (non-hydrogen) atoms. The van der Waals surface area contributed by atoms with Gasteiger partial charge < -0.3 is 33.2 Å². The van der Waals surface area contributed by atoms with Crippen molar-refractivity contribution in [1.82, 2.24) is 16.0 Å². The minimum Gasteiger partial charge on any atom is -0.370 e. The van der Waals surface area contributed by atoms with E-state index in [1.54, 1.807) is 0 Å². The molecule has 0 aromatic rings. The quantitative estimate of drug-likeness (QED) is 0.217. The highest BCUT2D eigenvalue weighted by Gasteiger charge is 2.30. The van der Waals surface area contributed by atoms with Crippen LogP contribution in [0.25, 0.3) is 0 Å². The number of urea groups is 1. The lowest BCUT2D eigenvalue weighted by atomic mass is 9.84. The molecule has 0 heterocycles. The number of amides is 4. The van der Waals surface area contributed by atoms with Gasteiger partial charge in [-0.25, -0.2) is 4.79 Å². The SMILES string of the molecule is CC(C)[C@@H](NC(=O)N[C@@H](CCCCN)CC(N)=O)NC(=O)[C@H]1CCCC[C@@H]1N. The third kappa shape index (κ3) is 8.88. The molecule has 9 N–H and O–H groups in total. The van der Waals surface area contributed by atoms with E-state index in [9.17, 15) is 14.4 Å². The van der Waals surface area contributed by atoms with E-state index in [1.807, 2.05) is 13.8 Å². The first-order valence-electron chi connectivity index (χ1n) is 10.4. The summed E-state index contributed by atoms with van der Waals surface area (Å²) in [5.74, 6) is -0.832. The Bertz CT molecular complexity index is 514. The maximum absolute atomic E-state index is 12.6. The molecule has 0 saturated heterocycles. The molecule has 162 valence electrons. The zero-order chi connectivity index (χ0) is 21.1. The number of unbranched alkanes of at least 4 members (excludes halogenated alkanes) is 1. The Morgan fingerprint density at radius 2 is 1.71 bits per heavy atom. The third-order valence-electron chi connectivity index (χ3n) is 5.20. The topological polar surface area (TPSA) is 165 Å². The highest BCUT2D eigenvalue weighted by molar-refractivity contribution is 5.81. The largest absolute Gasteiger partial charge is 0.370 e. The van der Waals surface area contributed by atoms with Crippen LogP contribution in [-0.4, -0.2) is 42.6 Å². The molecule has 0 aromatic heterocycles. The van der Waals surface area contributed by atoms with Gasteiger partial charge in [-0.1, -0.05) is 33.1 Å². The predicted molar refractivity (Wildman–Crippen MR) is 109 cm³/mol. The molecular formula is C19H38N6O3. The van der Waals surface area contributed by atoms with Gasteiger partial charge in [0.1, 0.15) is 6.17 Å². The fraction of sp³-hybridized carbons (Fsp3) is 0.842. The molecule has 9 heteroatoms. The van der Waals surface area contributed by atoms with Crippen molar-refractivity contribution in [2.45, 2.75) is 83.5 Å². The second-order valence-electron chi connectivity index (χ2n) is 8.05. The molecular weight excluding hydrogens is 360 g/mol. The second-order valence-corrected chi connectivity index (χ2v) is 8.05. The fourth-order valence-electron chi connectivity index (χ4n) is 3.49. The smallest absolute Gasteiger partial charge is 0.316 e. The first-order chi connectivity index (χ1) is 13.2. The molecule has 4 atom stereocenters. The van der Waals surface area contributed by atoms with E-state index in [4.69, 9.17) is 17.2 Å². The van der Waals surface area contributed by atoms with Crippen molar-refractivity contribution in [3.8, 4) is 0 Å². The van der Waals surface area contributed by atoms with Gasteiger partial charge in [-0.2, -0.15) is 0 Å². The standard InChI is InChI=1S/C19H38N6O3/c1-12(2)17(24-18(27)14-8-3-4-9-15(14)21)25-19(28)23-13(11-16(22)26)7-5-6-10-20/h12-15,17H,3-11,20-21H2,1-2H3,(H2,22,26)(H,24,27)(H2,23,25,28)/t13-,14-,15-,17+/m0/s1. The summed E-state index contributed by atoms with van der Waals surface area (Å²) in [6.45, 7) is 4.38. The van der Waals surface area contributed by atoms with E-state index in [-0.39, 0.29) is 36.2 Å². The molecule has 9 nitrogen and oxygen atoms in total. The van der Waals surface area contributed by atoms with Crippen LogP contribution in [0.2, 0.25) is 0 Å². The van der Waals surface area contributed by atoms with Crippen LogP contribution in [0.1, 0.15) is 65.2 Å². The molecule has 0 aromatic carbocycles. The second kappa shape index (κ2) is 12.6. The van der Waals surface area contributed by atoms with Crippen LogP contribution in [0, 0.1) is 11.8 Å². The summed E-state index contributed by atoms with van der Waals surface area (Å²) in [6, 6.07) is -0.942. The maximum atomic E-state index is 12.6. The Morgan fingerprint density at radius 1 is 1.04 bits per heavy atom. The summed E-state index contributed by atoms with van der Waals surface area (Å²) in [6.07, 6.45) is 5.40. The minimum absolute atomic E-state index is 0.0126. The van der Waals surface area contributed by atoms with Crippen LogP contribution in [0.15, 0.2) is 0 Å². The van der Waals surface area contributed by atoms with Crippen molar-refractivity contribution in [3.05, 3.63) is 0 Å². The predicted octanol–water partition coefficient (Wildman–Crippen LogP) is 0.274. The zero-order valence-corrected chi connectivity index (χ0v) is 17.2. The van der Waals surface area contributed by atoms with Gasteiger partial charge >= 0.3 is 6.03 Å². The van der Waals surface area contributed by atoms with E-state index < -0.39 is 18.1 Å². The fourth-order valence-corrected chi connectivity index (χ4v) is 3.49. The number of hydrogen-bond acceptors (Lipinski definition) is 5. The van der Waals surface area contributed by atoms with Crippen molar-refractivity contribution in [2.75, 3.05) is 6.54 Å². The van der Waals surface area contributed by atoms with Crippen LogP contribution < -0.4 is 33.2 Å². The molecule has 0 radical (unpaired) electrons. The van der Waals surface area contributed by atoms with E-state index >= 15 is 0 Å². The van der Waals surface area contributed by atoms with Crippen LogP contribution in [0.5, 0.6) is 0 Å². The lowest BCUT2D eigenvalue weighted by molar-refractivity contribution is -0.127. The molecule has 0 unspecified atom stereocenters. The minimum atomic E-state index is -0.528. The Labute approximate surface area is 167 Å². The number of rotatable bonds is 11. The highest BCUT2D eigenvalue weighted by atomic mass is 16.2. The normalized spacial score (nSPS) is 21.6. The molecule has 0 aliphatic heterocycles. The summed E-state index contributed by atoms with van der Waals surface area (Å²) in [5, 5.41) is 8.50. The Balaban J connectivity index is 2.61. The van der Waals surface area contributed by atoms with Gasteiger partial charge in [-0.05, 0) is 38.1 Å². The Kier molecular flexibility index (Phi) is 10.8. The third-order valence-corrected chi connectivity index (χ3v) is 5.20. The molecule has 1 aliphatic rings. The zero-order valence-electron chi connectivity index (χ0n) is 17.2. The number of carbonyl (C=O) groups is 3. The summed E-state index contributed by atoms with van der Waals surface area (Å²) in [4.78, 5) is 36.3. The molecule has 0 bridgehead atoms. The van der Waals surface area contributed by atoms with Crippen LogP contribution in [0.4, 0.5) is 4.79 Å². The lowest BCUT2D eigenvalue weighted by Gasteiger charge is -2.31. The number of carbonyl (C=O) groups excluding carboxylic acids is 3. The lowest BCUT2D eigenvalue weighted by Crippen LogP contribution is -2.57. The van der Waals surface area contributed by atoms with Gasteiger partial charge in [0.15, 0.2) is 0 Å². The van der Waals surface area contributed by atoms with Gasteiger partial charge in [0.2, 0.25) is 11.8 Å². The van der Waals surface area contributed by atoms with Gasteiger partial charge in [-0.15, -0.1) is 0 Å². The van der Waals surface area contributed by atoms with E-state index in [0.717, 1.165) is 38.5 Å². The van der Waals surface area contributed by atoms with Gasteiger partial charge in [-0.3, -0.25) is 9.59 Å². The highest BCUT2D eigenvalue weighted by Crippen LogP contribution is 2.23. The Hall–Kier alpha value is -1.87. The summed E-state index contributed by atoms with van der Waals surface area (Å²) >= 11 is 0. The molecule has 1 aliphatic carbocycles. The van der Waals surface area contributed by atoms with Gasteiger partial charge in [0.05, 0.1) is 5.92 Å². The molecule has 1 saturated carbocycles. The van der Waals surface area contributed by atoms with Crippen molar-refractivity contribution in [2.24, 2.45) is 29.0 Å². The summed E-state index contributed by atoms with van der Waals surface area (Å²) in [7, 11) is 0. The van der Waals surface area contributed by atoms with Crippen molar-refractivity contribution < 1.29 is 14.4 Å². The van der Waals surface area contributed by atoms with Crippen molar-refractivity contribution in [3.63, 3.8) is 0 Å². The van der Waals surface area contributed by atoms with Gasteiger partial charge in [0.25, 0.3) is 0 Å². The van der Waals surface area contributed by atoms with Crippen molar-refractivity contribution >= 4 is 17.8 Å². The van der Waals surface area contributed by atoms with E-state index in [2.05, 4.69) is 16.0 Å². The summed E-state index contributed by atoms with van der Waals surface area (Å²) < 4.78 is 0. The van der Waals surface area contributed by atoms with Gasteiger partial charge in [0, 0.05) is 18.5 Å². The van der Waals surface area contributed by atoms with Crippen LogP contribution >= 0.6 is 0 Å². The average Bonchev–Trinajstić information content (AvgIpc) is 2.60. The number of nitrogens with one attached hydrogen (secondary N) is 3. The molecule has 0 spiro atoms. The van der Waals surface area contributed by atoms with Crippen molar-refractivity contribution in [1.29, 1.82) is 0 Å². The van der Waals surface area contributed by atoms with Crippen LogP contribution in [0.3, 0.4) is 0 Å². The monoisotopic (exact) mass is 398 g/mol. The maximum Gasteiger partial charge on any atom is 0.316 e. The van der Waals surface area contributed by atoms with E-state index in [0.29, 0.717) is 13.0 Å². The van der Waals surface area contributed by atoms with E-state index in [1.165, 1.54) is 0 Å². The van der Waals surface area contributed by atoms with Crippen LogP contribution in [-0.2, 0) is 9.59 Å². The first kappa shape index (κ1) is 24.2. The number of nitrogens with two attached hydrogens (primary N) is 3. The average molecular weight is 399 g/mol. The number of primary amides is 1. The Morgan fingerprint density at radius 3 is 2.29 bits per heavy atom. The molecule has 4 amide bonds. The summed E-state index contributed by atoms with van der Waals surface area (Å²) in [5.41, 5.74) is 16.9. The molecule has 1 rings (SSSR count).